The molecule has 2 heterocycles. The van der Waals surface area contributed by atoms with Gasteiger partial charge < -0.3 is 10.4 Å². The number of hydrogen-bond donors (Lipinski definition) is 2. The maximum absolute atomic E-state index is 13.7. The summed E-state index contributed by atoms with van der Waals surface area (Å²) in [4.78, 5) is 29.6. The van der Waals surface area contributed by atoms with Gasteiger partial charge in [0.25, 0.3) is 11.5 Å². The number of aromatic hydroxyl groups is 1. The monoisotopic (exact) mass is 464 g/mol. The summed E-state index contributed by atoms with van der Waals surface area (Å²) < 4.78 is 41.2. The van der Waals surface area contributed by atoms with Crippen LogP contribution in [0.3, 0.4) is 0 Å². The van der Waals surface area contributed by atoms with Gasteiger partial charge in [0.05, 0.1) is 4.90 Å². The Balaban J connectivity index is 1.65. The second-order valence-electron chi connectivity index (χ2n) is 8.55. The van der Waals surface area contributed by atoms with E-state index in [-0.39, 0.29) is 28.1 Å². The summed E-state index contributed by atoms with van der Waals surface area (Å²) in [6.07, 6.45) is 4.55. The van der Waals surface area contributed by atoms with Gasteiger partial charge in [0.15, 0.2) is 5.69 Å². The number of aromatic nitrogens is 2. The molecule has 1 fully saturated rings. The van der Waals surface area contributed by atoms with Crippen molar-refractivity contribution in [2.75, 3.05) is 14.1 Å². The minimum atomic E-state index is -3.96. The van der Waals surface area contributed by atoms with Crippen molar-refractivity contribution in [2.24, 2.45) is 0 Å². The highest BCUT2D eigenvalue weighted by Gasteiger charge is 2.44. The van der Waals surface area contributed by atoms with Gasteiger partial charge in [-0.3, -0.25) is 14.2 Å². The molecule has 1 spiro atoms. The van der Waals surface area contributed by atoms with Crippen LogP contribution in [0.5, 0.6) is 5.75 Å². The Labute approximate surface area is 184 Å². The van der Waals surface area contributed by atoms with Crippen LogP contribution in [0.1, 0.15) is 54.0 Å². The molecule has 1 saturated carbocycles. The van der Waals surface area contributed by atoms with Gasteiger partial charge in [-0.25, -0.2) is 22.1 Å². The average molecular weight is 465 g/mol. The lowest BCUT2D eigenvalue weighted by Crippen LogP contribution is -2.32. The first-order valence-electron chi connectivity index (χ1n) is 10.4. The van der Waals surface area contributed by atoms with Gasteiger partial charge in [0.1, 0.15) is 11.6 Å². The van der Waals surface area contributed by atoms with Crippen molar-refractivity contribution in [2.45, 2.75) is 55.5 Å². The Kier molecular flexibility index (Phi) is 5.58. The third kappa shape index (κ3) is 3.58. The van der Waals surface area contributed by atoms with Crippen LogP contribution >= 0.6 is 0 Å². The highest BCUT2D eigenvalue weighted by atomic mass is 32.2. The topological polar surface area (TPSA) is 122 Å². The van der Waals surface area contributed by atoms with Gasteiger partial charge in [0.2, 0.25) is 15.8 Å². The zero-order valence-corrected chi connectivity index (χ0v) is 18.7. The molecule has 1 aliphatic heterocycles. The maximum atomic E-state index is 13.7. The summed E-state index contributed by atoms with van der Waals surface area (Å²) in [6.45, 7) is 0.199. The van der Waals surface area contributed by atoms with E-state index in [4.69, 9.17) is 0 Å². The van der Waals surface area contributed by atoms with Crippen molar-refractivity contribution >= 4 is 15.9 Å². The minimum absolute atomic E-state index is 0.165. The molecule has 1 amide bonds. The Morgan fingerprint density at radius 3 is 2.62 bits per heavy atom. The summed E-state index contributed by atoms with van der Waals surface area (Å²) in [5, 5.41) is 12.9. The van der Waals surface area contributed by atoms with Crippen LogP contribution in [0.25, 0.3) is 0 Å². The number of carbonyl (C=O) groups is 1. The molecule has 32 heavy (non-hydrogen) atoms. The normalized spacial score (nSPS) is 17.1. The first-order chi connectivity index (χ1) is 15.1. The highest BCUT2D eigenvalue weighted by molar-refractivity contribution is 7.89. The van der Waals surface area contributed by atoms with Gasteiger partial charge in [-0.05, 0) is 37.0 Å². The molecule has 0 radical (unpaired) electrons. The number of nitrogens with one attached hydrogen (secondary N) is 1. The number of halogens is 1. The van der Waals surface area contributed by atoms with Crippen LogP contribution in [0, 0.1) is 5.82 Å². The fraction of sp³-hybridized carbons (Fsp3) is 0.476. The third-order valence-corrected chi connectivity index (χ3v) is 8.33. The summed E-state index contributed by atoms with van der Waals surface area (Å²) in [6, 6.07) is 3.25. The Hall–Kier alpha value is -2.79. The quantitative estimate of drug-likeness (QED) is 0.691. The molecule has 1 aromatic heterocycles. The number of hydrogen-bond acceptors (Lipinski definition) is 6. The number of amides is 1. The van der Waals surface area contributed by atoms with E-state index in [1.54, 1.807) is 0 Å². The Bertz CT molecular complexity index is 1250. The van der Waals surface area contributed by atoms with Crippen molar-refractivity contribution in [3.05, 3.63) is 51.5 Å². The van der Waals surface area contributed by atoms with Gasteiger partial charge in [-0.2, -0.15) is 0 Å². The lowest BCUT2D eigenvalue weighted by atomic mass is 9.84. The lowest BCUT2D eigenvalue weighted by molar-refractivity contribution is 0.0941. The SMILES string of the molecule is CN(C)S(=O)(=O)c1cc(F)ccc1CNC(=O)c1nc2n(c(=O)c1O)CCC21CCCC1. The van der Waals surface area contributed by atoms with Crippen molar-refractivity contribution in [3.8, 4) is 5.75 Å². The fourth-order valence-corrected chi connectivity index (χ4v) is 5.78. The number of benzene rings is 1. The Morgan fingerprint density at radius 1 is 1.28 bits per heavy atom. The first kappa shape index (κ1) is 22.4. The van der Waals surface area contributed by atoms with Crippen molar-refractivity contribution in [1.29, 1.82) is 0 Å². The van der Waals surface area contributed by atoms with E-state index in [2.05, 4.69) is 10.3 Å². The maximum Gasteiger partial charge on any atom is 0.296 e. The molecule has 4 rings (SSSR count). The summed E-state index contributed by atoms with van der Waals surface area (Å²) >= 11 is 0. The number of nitrogens with zero attached hydrogens (tertiary/aromatic N) is 3. The van der Waals surface area contributed by atoms with Crippen molar-refractivity contribution in [1.82, 2.24) is 19.2 Å². The average Bonchev–Trinajstić information content (AvgIpc) is 3.37. The van der Waals surface area contributed by atoms with Crippen molar-refractivity contribution in [3.63, 3.8) is 0 Å². The molecule has 9 nitrogen and oxygen atoms in total. The van der Waals surface area contributed by atoms with Gasteiger partial charge in [-0.15, -0.1) is 0 Å². The zero-order chi connectivity index (χ0) is 23.3. The Morgan fingerprint density at radius 2 is 1.97 bits per heavy atom. The van der Waals surface area contributed by atoms with E-state index < -0.39 is 33.1 Å². The van der Waals surface area contributed by atoms with Crippen LogP contribution in [0.4, 0.5) is 4.39 Å². The van der Waals surface area contributed by atoms with Crippen LogP contribution in [-0.2, 0) is 28.5 Å². The van der Waals surface area contributed by atoms with Crippen LogP contribution in [0.15, 0.2) is 27.9 Å². The predicted molar refractivity (Wildman–Crippen MR) is 113 cm³/mol. The molecule has 0 atom stereocenters. The molecule has 2 aromatic rings. The number of carbonyl (C=O) groups excluding carboxylic acids is 1. The summed E-state index contributed by atoms with van der Waals surface area (Å²) in [7, 11) is -1.32. The zero-order valence-electron chi connectivity index (χ0n) is 17.9. The van der Waals surface area contributed by atoms with E-state index in [0.29, 0.717) is 12.4 Å². The van der Waals surface area contributed by atoms with Crippen molar-refractivity contribution < 1.29 is 22.7 Å². The summed E-state index contributed by atoms with van der Waals surface area (Å²) in [5.74, 6) is -1.74. The molecule has 1 aromatic carbocycles. The number of fused-ring (bicyclic) bond motifs is 2. The molecule has 0 saturated heterocycles. The minimum Gasteiger partial charge on any atom is -0.501 e. The van der Waals surface area contributed by atoms with E-state index in [9.17, 15) is 27.5 Å². The van der Waals surface area contributed by atoms with Crippen LogP contribution < -0.4 is 10.9 Å². The lowest BCUT2D eigenvalue weighted by Gasteiger charge is -2.22. The molecule has 11 heteroatoms. The van der Waals surface area contributed by atoms with E-state index in [1.165, 1.54) is 24.7 Å². The molecule has 0 unspecified atom stereocenters. The van der Waals surface area contributed by atoms with E-state index in [1.807, 2.05) is 0 Å². The molecule has 2 N–H and O–H groups in total. The molecule has 172 valence electrons. The first-order valence-corrected chi connectivity index (χ1v) is 11.8. The largest absolute Gasteiger partial charge is 0.501 e. The highest BCUT2D eigenvalue weighted by Crippen LogP contribution is 2.46. The third-order valence-electron chi connectivity index (χ3n) is 6.44. The van der Waals surface area contributed by atoms with E-state index in [0.717, 1.165) is 48.5 Å². The molecular formula is C21H25FN4O5S. The second kappa shape index (κ2) is 7.96. The predicted octanol–water partition coefficient (Wildman–Crippen LogP) is 1.48. The van der Waals surface area contributed by atoms with Gasteiger partial charge in [0, 0.05) is 32.6 Å². The van der Waals surface area contributed by atoms with E-state index >= 15 is 0 Å². The molecular weight excluding hydrogens is 439 g/mol. The van der Waals surface area contributed by atoms with Gasteiger partial charge >= 0.3 is 0 Å². The molecule has 0 bridgehead atoms. The van der Waals surface area contributed by atoms with Crippen LogP contribution in [0.2, 0.25) is 0 Å². The summed E-state index contributed by atoms with van der Waals surface area (Å²) in [5.41, 5.74) is -1.11. The standard InChI is InChI=1S/C21H25FN4O5S/c1-25(2)32(30,31)15-11-14(22)6-5-13(15)12-23-18(28)16-17(27)19(29)26-10-9-21(20(26)24-16)7-3-4-8-21/h5-6,11,27H,3-4,7-10,12H2,1-2H3,(H,23,28). The number of rotatable bonds is 5. The van der Waals surface area contributed by atoms with Gasteiger partial charge in [-0.1, -0.05) is 18.9 Å². The smallest absolute Gasteiger partial charge is 0.296 e. The second-order valence-corrected chi connectivity index (χ2v) is 10.7. The molecule has 2 aliphatic rings. The van der Waals surface area contributed by atoms with Crippen LogP contribution in [-0.4, -0.2) is 47.4 Å². The molecule has 1 aliphatic carbocycles. The fourth-order valence-electron chi connectivity index (χ4n) is 4.65. The number of sulfonamides is 1.